The number of rotatable bonds is 5. The van der Waals surface area contributed by atoms with E-state index in [1.54, 1.807) is 12.0 Å². The molecular weight excluding hydrogens is 256 g/mol. The minimum atomic E-state index is -0.403. The number of piperazine rings is 1. The minimum Gasteiger partial charge on any atom is -0.376 e. The highest BCUT2D eigenvalue weighted by atomic mass is 16.5. The van der Waals surface area contributed by atoms with Gasteiger partial charge in [-0.1, -0.05) is 20.8 Å². The van der Waals surface area contributed by atoms with Gasteiger partial charge in [-0.15, -0.1) is 0 Å². The van der Waals surface area contributed by atoms with E-state index in [4.69, 9.17) is 4.74 Å². The topological polar surface area (TPSA) is 58.6 Å². The Morgan fingerprint density at radius 2 is 2.05 bits per heavy atom. The van der Waals surface area contributed by atoms with E-state index < -0.39 is 6.04 Å². The minimum absolute atomic E-state index is 0.0311. The molecule has 114 valence electrons. The standard InChI is InChI=1S/C15H26N2O3/c1-5-11-13(18)16-12(10(2)3)14(19)17(11)9-15(20-4)7-6-8-15/h10-12H,5-9H2,1-4H3,(H,16,18). The van der Waals surface area contributed by atoms with Crippen molar-refractivity contribution in [1.82, 2.24) is 10.2 Å². The third kappa shape index (κ3) is 2.55. The van der Waals surface area contributed by atoms with E-state index in [9.17, 15) is 9.59 Å². The second kappa shape index (κ2) is 5.72. The number of hydrogen-bond donors (Lipinski definition) is 1. The molecule has 0 aromatic rings. The fraction of sp³-hybridized carbons (Fsp3) is 0.867. The monoisotopic (exact) mass is 282 g/mol. The molecule has 0 bridgehead atoms. The van der Waals surface area contributed by atoms with Gasteiger partial charge in [-0.3, -0.25) is 9.59 Å². The number of carbonyl (C=O) groups is 2. The normalized spacial score (nSPS) is 29.4. The first-order valence-electron chi connectivity index (χ1n) is 7.60. The van der Waals surface area contributed by atoms with Crippen LogP contribution in [0.4, 0.5) is 0 Å². The molecule has 1 heterocycles. The molecule has 0 spiro atoms. The molecule has 5 nitrogen and oxygen atoms in total. The number of methoxy groups -OCH3 is 1. The summed E-state index contributed by atoms with van der Waals surface area (Å²) in [7, 11) is 1.70. The van der Waals surface area contributed by atoms with E-state index in [1.807, 2.05) is 20.8 Å². The van der Waals surface area contributed by atoms with Crippen LogP contribution in [0.3, 0.4) is 0 Å². The summed E-state index contributed by atoms with van der Waals surface area (Å²) < 4.78 is 5.62. The first-order chi connectivity index (χ1) is 9.44. The average Bonchev–Trinajstić information content (AvgIpc) is 2.36. The van der Waals surface area contributed by atoms with Crippen LogP contribution in [0.1, 0.15) is 46.5 Å². The zero-order valence-corrected chi connectivity index (χ0v) is 12.9. The second-order valence-electron chi connectivity index (χ2n) is 6.36. The van der Waals surface area contributed by atoms with Crippen molar-refractivity contribution in [3.8, 4) is 0 Å². The quantitative estimate of drug-likeness (QED) is 0.827. The molecule has 2 atom stereocenters. The Hall–Kier alpha value is -1.10. The molecule has 0 aromatic heterocycles. The second-order valence-corrected chi connectivity index (χ2v) is 6.36. The average molecular weight is 282 g/mol. The maximum absolute atomic E-state index is 12.7. The number of hydrogen-bond acceptors (Lipinski definition) is 3. The van der Waals surface area contributed by atoms with Crippen LogP contribution in [0.2, 0.25) is 0 Å². The molecule has 1 aliphatic heterocycles. The molecule has 2 amide bonds. The lowest BCUT2D eigenvalue weighted by Crippen LogP contribution is -2.67. The molecule has 1 saturated heterocycles. The Balaban J connectivity index is 2.20. The van der Waals surface area contributed by atoms with Crippen LogP contribution in [0.5, 0.6) is 0 Å². The Kier molecular flexibility index (Phi) is 4.37. The van der Waals surface area contributed by atoms with Crippen molar-refractivity contribution >= 4 is 11.8 Å². The first-order valence-corrected chi connectivity index (χ1v) is 7.60. The van der Waals surface area contributed by atoms with Gasteiger partial charge in [-0.2, -0.15) is 0 Å². The molecule has 2 aliphatic rings. The fourth-order valence-corrected chi connectivity index (χ4v) is 3.14. The van der Waals surface area contributed by atoms with Gasteiger partial charge in [0.15, 0.2) is 0 Å². The zero-order valence-electron chi connectivity index (χ0n) is 12.9. The van der Waals surface area contributed by atoms with E-state index in [0.717, 1.165) is 19.3 Å². The summed E-state index contributed by atoms with van der Waals surface area (Å²) in [6, 6.07) is -0.760. The SMILES string of the molecule is CCC1C(=O)NC(C(C)C)C(=O)N1CC1(OC)CCC1. The van der Waals surface area contributed by atoms with E-state index in [-0.39, 0.29) is 29.4 Å². The summed E-state index contributed by atoms with van der Waals surface area (Å²) >= 11 is 0. The molecule has 2 fully saturated rings. The van der Waals surface area contributed by atoms with Gasteiger partial charge < -0.3 is 15.0 Å². The van der Waals surface area contributed by atoms with Crippen LogP contribution in [0, 0.1) is 5.92 Å². The molecule has 5 heteroatoms. The maximum Gasteiger partial charge on any atom is 0.246 e. The molecular formula is C15H26N2O3. The van der Waals surface area contributed by atoms with Crippen LogP contribution in [0.25, 0.3) is 0 Å². The van der Waals surface area contributed by atoms with Crippen LogP contribution in [0.15, 0.2) is 0 Å². The highest BCUT2D eigenvalue weighted by Crippen LogP contribution is 2.37. The van der Waals surface area contributed by atoms with Crippen molar-refractivity contribution < 1.29 is 14.3 Å². The third-order valence-corrected chi connectivity index (χ3v) is 4.74. The molecule has 1 saturated carbocycles. The van der Waals surface area contributed by atoms with Crippen molar-refractivity contribution in [2.24, 2.45) is 5.92 Å². The Morgan fingerprint density at radius 1 is 1.40 bits per heavy atom. The van der Waals surface area contributed by atoms with Crippen LogP contribution in [-0.4, -0.2) is 48.1 Å². The Bertz CT molecular complexity index is 385. The summed E-state index contributed by atoms with van der Waals surface area (Å²) in [5, 5.41) is 2.87. The summed E-state index contributed by atoms with van der Waals surface area (Å²) in [5.41, 5.74) is -0.234. The smallest absolute Gasteiger partial charge is 0.246 e. The molecule has 0 aromatic carbocycles. The van der Waals surface area contributed by atoms with E-state index in [1.165, 1.54) is 0 Å². The van der Waals surface area contributed by atoms with Gasteiger partial charge in [0.2, 0.25) is 11.8 Å². The van der Waals surface area contributed by atoms with Gasteiger partial charge in [0.1, 0.15) is 12.1 Å². The molecule has 0 radical (unpaired) electrons. The van der Waals surface area contributed by atoms with Crippen molar-refractivity contribution in [3.05, 3.63) is 0 Å². The zero-order chi connectivity index (χ0) is 14.9. The molecule has 2 unspecified atom stereocenters. The largest absolute Gasteiger partial charge is 0.376 e. The van der Waals surface area contributed by atoms with Crippen LogP contribution >= 0.6 is 0 Å². The molecule has 20 heavy (non-hydrogen) atoms. The lowest BCUT2D eigenvalue weighted by Gasteiger charge is -2.48. The van der Waals surface area contributed by atoms with Crippen molar-refractivity contribution in [1.29, 1.82) is 0 Å². The predicted octanol–water partition coefficient (Wildman–Crippen LogP) is 1.32. The molecule has 2 rings (SSSR count). The molecule has 1 aliphatic carbocycles. The Morgan fingerprint density at radius 3 is 2.45 bits per heavy atom. The van der Waals surface area contributed by atoms with Gasteiger partial charge in [-0.25, -0.2) is 0 Å². The van der Waals surface area contributed by atoms with Gasteiger partial charge in [0, 0.05) is 7.11 Å². The van der Waals surface area contributed by atoms with Crippen LogP contribution in [-0.2, 0) is 14.3 Å². The van der Waals surface area contributed by atoms with Gasteiger partial charge >= 0.3 is 0 Å². The Labute approximate surface area is 121 Å². The van der Waals surface area contributed by atoms with Crippen molar-refractivity contribution in [3.63, 3.8) is 0 Å². The summed E-state index contributed by atoms with van der Waals surface area (Å²) in [6.07, 6.45) is 3.71. The highest BCUT2D eigenvalue weighted by Gasteiger charge is 2.46. The highest BCUT2D eigenvalue weighted by molar-refractivity contribution is 5.97. The van der Waals surface area contributed by atoms with E-state index in [2.05, 4.69) is 5.32 Å². The number of nitrogens with one attached hydrogen (secondary N) is 1. The third-order valence-electron chi connectivity index (χ3n) is 4.74. The summed E-state index contributed by atoms with van der Waals surface area (Å²) in [5.74, 6) is 0.109. The predicted molar refractivity (Wildman–Crippen MR) is 76.2 cm³/mol. The lowest BCUT2D eigenvalue weighted by molar-refractivity contribution is -0.160. The lowest BCUT2D eigenvalue weighted by atomic mass is 9.78. The van der Waals surface area contributed by atoms with Crippen molar-refractivity contribution in [2.45, 2.75) is 64.1 Å². The van der Waals surface area contributed by atoms with Crippen molar-refractivity contribution in [2.75, 3.05) is 13.7 Å². The fourth-order valence-electron chi connectivity index (χ4n) is 3.14. The summed E-state index contributed by atoms with van der Waals surface area (Å²) in [4.78, 5) is 26.7. The van der Waals surface area contributed by atoms with Gasteiger partial charge in [-0.05, 0) is 31.6 Å². The first kappa shape index (κ1) is 15.3. The van der Waals surface area contributed by atoms with E-state index in [0.29, 0.717) is 13.0 Å². The van der Waals surface area contributed by atoms with Gasteiger partial charge in [0.05, 0.1) is 12.1 Å². The molecule has 1 N–H and O–H groups in total. The van der Waals surface area contributed by atoms with Crippen LogP contribution < -0.4 is 5.32 Å². The van der Waals surface area contributed by atoms with E-state index >= 15 is 0 Å². The maximum atomic E-state index is 12.7. The number of carbonyl (C=O) groups excluding carboxylic acids is 2. The number of amides is 2. The van der Waals surface area contributed by atoms with Gasteiger partial charge in [0.25, 0.3) is 0 Å². The summed E-state index contributed by atoms with van der Waals surface area (Å²) in [6.45, 7) is 6.41. The number of nitrogens with zero attached hydrogens (tertiary/aromatic N) is 1. The number of ether oxygens (including phenoxy) is 1.